The fourth-order valence-corrected chi connectivity index (χ4v) is 5.65. The highest BCUT2D eigenvalue weighted by atomic mass is 32.1. The number of rotatable bonds is 6. The van der Waals surface area contributed by atoms with Crippen LogP contribution in [0.5, 0.6) is 0 Å². The van der Waals surface area contributed by atoms with Gasteiger partial charge in [0.2, 0.25) is 0 Å². The molecule has 4 heteroatoms. The van der Waals surface area contributed by atoms with E-state index in [1.54, 1.807) is 11.3 Å². The minimum absolute atomic E-state index is 0.235. The van der Waals surface area contributed by atoms with E-state index in [0.717, 1.165) is 43.6 Å². The average Bonchev–Trinajstić information content (AvgIpc) is 3.54. The second kappa shape index (κ2) is 9.19. The lowest BCUT2D eigenvalue weighted by atomic mass is 9.96. The number of pyridine rings is 1. The van der Waals surface area contributed by atoms with Crippen LogP contribution in [0.1, 0.15) is 73.5 Å². The topological polar surface area (TPSA) is 33.2 Å². The van der Waals surface area contributed by atoms with E-state index in [1.807, 2.05) is 6.20 Å². The van der Waals surface area contributed by atoms with Crippen LogP contribution >= 0.6 is 11.3 Å². The van der Waals surface area contributed by atoms with Crippen molar-refractivity contribution in [3.8, 4) is 21.6 Å². The number of thiophene rings is 1. The first kappa shape index (κ1) is 21.4. The van der Waals surface area contributed by atoms with E-state index in [4.69, 9.17) is 0 Å². The van der Waals surface area contributed by atoms with Crippen molar-refractivity contribution in [2.45, 2.75) is 58.3 Å². The molecule has 2 aromatic heterocycles. The maximum Gasteiger partial charge on any atom is 0.254 e. The van der Waals surface area contributed by atoms with Gasteiger partial charge in [0.05, 0.1) is 0 Å². The van der Waals surface area contributed by atoms with Crippen LogP contribution in [-0.4, -0.2) is 28.9 Å². The smallest absolute Gasteiger partial charge is 0.254 e. The van der Waals surface area contributed by atoms with E-state index < -0.39 is 0 Å². The van der Waals surface area contributed by atoms with E-state index in [9.17, 15) is 4.79 Å². The largest absolute Gasteiger partial charge is 0.339 e. The van der Waals surface area contributed by atoms with Gasteiger partial charge in [-0.05, 0) is 102 Å². The van der Waals surface area contributed by atoms with Crippen LogP contribution in [0.25, 0.3) is 21.6 Å². The standard InChI is InChI=1S/C28H32N2OS/c1-19(2)14-24-15-22(10-11-29-24)27-17-23(18-32-27)21-8-9-25(26(16-21)20-6-7-20)28(31)30-12-4-3-5-13-30/h8-11,15-20H,3-7,12-14H2,1-2H3. The highest BCUT2D eigenvalue weighted by Crippen LogP contribution is 2.44. The summed E-state index contributed by atoms with van der Waals surface area (Å²) in [6, 6.07) is 13.1. The molecule has 0 unspecified atom stereocenters. The third-order valence-electron chi connectivity index (χ3n) is 6.59. The highest BCUT2D eigenvalue weighted by Gasteiger charge is 2.30. The number of amides is 1. The summed E-state index contributed by atoms with van der Waals surface area (Å²) in [6.07, 6.45) is 8.85. The van der Waals surface area contributed by atoms with Crippen molar-refractivity contribution in [3.05, 3.63) is 64.8 Å². The van der Waals surface area contributed by atoms with Gasteiger partial charge in [0.1, 0.15) is 0 Å². The molecule has 166 valence electrons. The number of hydrogen-bond acceptors (Lipinski definition) is 3. The zero-order chi connectivity index (χ0) is 22.1. The summed E-state index contributed by atoms with van der Waals surface area (Å²) in [5.74, 6) is 1.39. The van der Waals surface area contributed by atoms with Gasteiger partial charge in [0.25, 0.3) is 5.91 Å². The Morgan fingerprint density at radius 1 is 1.03 bits per heavy atom. The predicted molar refractivity (Wildman–Crippen MR) is 133 cm³/mol. The molecule has 2 fully saturated rings. The Kier molecular flexibility index (Phi) is 6.14. The Labute approximate surface area is 195 Å². The molecular weight excluding hydrogens is 412 g/mol. The second-order valence-corrected chi connectivity index (χ2v) is 10.7. The van der Waals surface area contributed by atoms with Crippen molar-refractivity contribution in [3.63, 3.8) is 0 Å². The lowest BCUT2D eigenvalue weighted by molar-refractivity contribution is 0.0723. The summed E-state index contributed by atoms with van der Waals surface area (Å²) in [5, 5.41) is 2.25. The van der Waals surface area contributed by atoms with Crippen LogP contribution in [0.15, 0.2) is 48.0 Å². The first-order valence-electron chi connectivity index (χ1n) is 12.1. The van der Waals surface area contributed by atoms with Gasteiger partial charge < -0.3 is 4.90 Å². The van der Waals surface area contributed by atoms with Gasteiger partial charge >= 0.3 is 0 Å². The van der Waals surface area contributed by atoms with Crippen molar-refractivity contribution >= 4 is 17.2 Å². The molecule has 1 saturated carbocycles. The van der Waals surface area contributed by atoms with Crippen LogP contribution < -0.4 is 0 Å². The predicted octanol–water partition coefficient (Wildman–Crippen LogP) is 7.18. The molecular formula is C28H32N2OS. The Morgan fingerprint density at radius 2 is 1.84 bits per heavy atom. The molecule has 3 nitrogen and oxygen atoms in total. The van der Waals surface area contributed by atoms with E-state index in [1.165, 1.54) is 46.4 Å². The zero-order valence-electron chi connectivity index (χ0n) is 19.1. The SMILES string of the molecule is CC(C)Cc1cc(-c2cc(-c3ccc(C(=O)N4CCCCC4)c(C4CC4)c3)cs2)ccn1. The lowest BCUT2D eigenvalue weighted by Crippen LogP contribution is -2.36. The summed E-state index contributed by atoms with van der Waals surface area (Å²) in [4.78, 5) is 21.1. The number of aromatic nitrogens is 1. The van der Waals surface area contributed by atoms with Gasteiger partial charge in [-0.3, -0.25) is 9.78 Å². The Morgan fingerprint density at radius 3 is 2.59 bits per heavy atom. The molecule has 3 aromatic rings. The fraction of sp³-hybridized carbons (Fsp3) is 0.429. The number of carbonyl (C=O) groups is 1. The summed E-state index contributed by atoms with van der Waals surface area (Å²) < 4.78 is 0. The summed E-state index contributed by atoms with van der Waals surface area (Å²) >= 11 is 1.79. The van der Waals surface area contributed by atoms with Crippen molar-refractivity contribution in [2.24, 2.45) is 5.92 Å². The van der Waals surface area contributed by atoms with E-state index in [-0.39, 0.29) is 5.91 Å². The third kappa shape index (κ3) is 4.66. The molecule has 0 spiro atoms. The van der Waals surface area contributed by atoms with Crippen molar-refractivity contribution < 1.29 is 4.79 Å². The van der Waals surface area contributed by atoms with Crippen LogP contribution in [-0.2, 0) is 6.42 Å². The molecule has 5 rings (SSSR count). The second-order valence-electron chi connectivity index (χ2n) is 9.76. The molecule has 1 aliphatic carbocycles. The van der Waals surface area contributed by atoms with E-state index in [0.29, 0.717) is 11.8 Å². The number of hydrogen-bond donors (Lipinski definition) is 0. The average molecular weight is 445 g/mol. The van der Waals surface area contributed by atoms with Crippen molar-refractivity contribution in [1.29, 1.82) is 0 Å². The van der Waals surface area contributed by atoms with Gasteiger partial charge in [0, 0.05) is 35.4 Å². The third-order valence-corrected chi connectivity index (χ3v) is 7.57. The van der Waals surface area contributed by atoms with Gasteiger partial charge in [-0.2, -0.15) is 0 Å². The number of carbonyl (C=O) groups excluding carboxylic acids is 1. The lowest BCUT2D eigenvalue weighted by Gasteiger charge is -2.27. The van der Waals surface area contributed by atoms with Gasteiger partial charge in [-0.25, -0.2) is 0 Å². The maximum atomic E-state index is 13.2. The zero-order valence-corrected chi connectivity index (χ0v) is 20.0. The molecule has 1 aromatic carbocycles. The molecule has 32 heavy (non-hydrogen) atoms. The summed E-state index contributed by atoms with van der Waals surface area (Å²) in [5.41, 5.74) is 7.05. The van der Waals surface area contributed by atoms with Crippen LogP contribution in [0.4, 0.5) is 0 Å². The van der Waals surface area contributed by atoms with Crippen LogP contribution in [0.3, 0.4) is 0 Å². The normalized spacial score (nSPS) is 16.5. The van der Waals surface area contributed by atoms with Crippen molar-refractivity contribution in [1.82, 2.24) is 9.88 Å². The van der Waals surface area contributed by atoms with Gasteiger partial charge in [-0.15, -0.1) is 11.3 Å². The Bertz CT molecular complexity index is 1110. The molecule has 2 aliphatic rings. The van der Waals surface area contributed by atoms with Crippen molar-refractivity contribution in [2.75, 3.05) is 13.1 Å². The number of likely N-dealkylation sites (tertiary alicyclic amines) is 1. The fourth-order valence-electron chi connectivity index (χ4n) is 4.74. The number of benzene rings is 1. The molecule has 1 amide bonds. The molecule has 0 atom stereocenters. The summed E-state index contributed by atoms with van der Waals surface area (Å²) in [6.45, 7) is 6.27. The van der Waals surface area contributed by atoms with Gasteiger partial charge in [0.15, 0.2) is 0 Å². The van der Waals surface area contributed by atoms with Gasteiger partial charge in [-0.1, -0.05) is 26.0 Å². The van der Waals surface area contributed by atoms with Crippen LogP contribution in [0.2, 0.25) is 0 Å². The molecule has 0 bridgehead atoms. The minimum atomic E-state index is 0.235. The molecule has 1 saturated heterocycles. The maximum absolute atomic E-state index is 13.2. The monoisotopic (exact) mass is 444 g/mol. The minimum Gasteiger partial charge on any atom is -0.339 e. The van der Waals surface area contributed by atoms with Crippen LogP contribution in [0, 0.1) is 5.92 Å². The quantitative estimate of drug-likeness (QED) is 0.403. The molecule has 0 radical (unpaired) electrons. The Balaban J connectivity index is 1.42. The Hall–Kier alpha value is -2.46. The summed E-state index contributed by atoms with van der Waals surface area (Å²) in [7, 11) is 0. The van der Waals surface area contributed by atoms with E-state index in [2.05, 4.69) is 65.5 Å². The first-order valence-corrected chi connectivity index (χ1v) is 12.9. The molecule has 0 N–H and O–H groups in total. The molecule has 1 aliphatic heterocycles. The molecule has 3 heterocycles. The first-order chi connectivity index (χ1) is 15.6. The number of piperidine rings is 1. The highest BCUT2D eigenvalue weighted by molar-refractivity contribution is 7.14. The number of nitrogens with zero attached hydrogens (tertiary/aromatic N) is 2. The van der Waals surface area contributed by atoms with E-state index >= 15 is 0 Å².